The number of phenols is 1. The Kier molecular flexibility index (Phi) is 12.1. The van der Waals surface area contributed by atoms with E-state index in [1.54, 1.807) is 54.6 Å². The van der Waals surface area contributed by atoms with Gasteiger partial charge in [-0.25, -0.2) is 4.79 Å². The van der Waals surface area contributed by atoms with Crippen molar-refractivity contribution in [2.24, 2.45) is 17.8 Å². The van der Waals surface area contributed by atoms with Crippen LogP contribution in [0.5, 0.6) is 5.75 Å². The van der Waals surface area contributed by atoms with Crippen LogP contribution in [0.2, 0.25) is 0 Å². The summed E-state index contributed by atoms with van der Waals surface area (Å²) >= 11 is 1.52. The predicted octanol–water partition coefficient (Wildman–Crippen LogP) is 6.87. The van der Waals surface area contributed by atoms with Gasteiger partial charge in [-0.2, -0.15) is 0 Å². The molecule has 1 aliphatic carbocycles. The van der Waals surface area contributed by atoms with Crippen molar-refractivity contribution in [1.82, 2.24) is 20.5 Å². The summed E-state index contributed by atoms with van der Waals surface area (Å²) in [6.45, 7) is 4.16. The van der Waals surface area contributed by atoms with Gasteiger partial charge in [0.05, 0.1) is 24.8 Å². The van der Waals surface area contributed by atoms with Crippen molar-refractivity contribution in [1.29, 1.82) is 0 Å². The van der Waals surface area contributed by atoms with Gasteiger partial charge in [-0.05, 0) is 82.1 Å². The van der Waals surface area contributed by atoms with E-state index in [0.29, 0.717) is 58.5 Å². The van der Waals surface area contributed by atoms with Crippen LogP contribution in [0.15, 0.2) is 150 Å². The molecular formula is C51H48N4O7S. The van der Waals surface area contributed by atoms with Gasteiger partial charge < -0.3 is 35.7 Å². The normalized spacial score (nSPS) is 18.3. The second-order valence-electron chi connectivity index (χ2n) is 16.5. The molecule has 0 radical (unpaired) electrons. The van der Waals surface area contributed by atoms with Gasteiger partial charge in [0, 0.05) is 71.0 Å². The van der Waals surface area contributed by atoms with Crippen LogP contribution in [0.25, 0.3) is 21.3 Å². The van der Waals surface area contributed by atoms with Gasteiger partial charge in [0.1, 0.15) is 5.75 Å². The topological polar surface area (TPSA) is 164 Å². The maximum atomic E-state index is 14.0. The minimum absolute atomic E-state index is 0.0649. The molecule has 1 saturated heterocycles. The van der Waals surface area contributed by atoms with E-state index in [1.165, 1.54) is 29.0 Å². The van der Waals surface area contributed by atoms with E-state index in [-0.39, 0.29) is 35.9 Å². The first-order valence-electron chi connectivity index (χ1n) is 21.2. The number of carbonyl (C=O) groups is 2. The number of nitrogens with zero attached hydrogens (tertiary/aromatic N) is 1. The summed E-state index contributed by atoms with van der Waals surface area (Å²) in [6.07, 6.45) is -0.887. The second kappa shape index (κ2) is 18.1. The van der Waals surface area contributed by atoms with Gasteiger partial charge in [-0.1, -0.05) is 97.1 Å². The molecule has 12 heteroatoms. The molecule has 11 nitrogen and oxygen atoms in total. The third kappa shape index (κ3) is 9.08. The van der Waals surface area contributed by atoms with Gasteiger partial charge in [-0.3, -0.25) is 14.5 Å². The van der Waals surface area contributed by atoms with Crippen LogP contribution in [0.4, 0.5) is 0 Å². The van der Waals surface area contributed by atoms with Crippen LogP contribution in [0.1, 0.15) is 49.2 Å². The first kappa shape index (κ1) is 41.9. The maximum absolute atomic E-state index is 14.0. The Hall–Kier alpha value is -6.41. The zero-order valence-corrected chi connectivity index (χ0v) is 35.3. The van der Waals surface area contributed by atoms with Gasteiger partial charge in [-0.15, -0.1) is 11.3 Å². The SMILES string of the molecule is O=C(NCc1ccc(-c2cccc(C(O)(C(=O)OC[C@@H]3C4CN(Cc5ccccc5)C[C@H]43)c3ccccc3)c2)s1)c1ccc(CNC[C@H](O)c2ccc(O)c3[nH]c(=O)ccc23)cc1. The highest BCUT2D eigenvalue weighted by molar-refractivity contribution is 7.15. The zero-order valence-electron chi connectivity index (χ0n) is 34.4. The molecule has 5 atom stereocenters. The number of aliphatic hydroxyl groups excluding tert-OH is 1. The van der Waals surface area contributed by atoms with E-state index in [2.05, 4.69) is 44.8 Å². The summed E-state index contributed by atoms with van der Waals surface area (Å²) in [5, 5.41) is 40.1. The molecule has 320 valence electrons. The second-order valence-corrected chi connectivity index (χ2v) is 17.7. The first-order valence-corrected chi connectivity index (χ1v) is 22.0. The Labute approximate surface area is 368 Å². The fourth-order valence-electron chi connectivity index (χ4n) is 8.89. The molecule has 0 bridgehead atoms. The molecule has 0 spiro atoms. The number of fused-ring (bicyclic) bond motifs is 2. The number of likely N-dealkylation sites (tertiary alicyclic amines) is 1. The highest BCUT2D eigenvalue weighted by Gasteiger charge is 2.56. The van der Waals surface area contributed by atoms with Crippen LogP contribution in [-0.2, 0) is 34.8 Å². The van der Waals surface area contributed by atoms with Gasteiger partial charge in [0.25, 0.3) is 5.91 Å². The number of aromatic nitrogens is 1. The van der Waals surface area contributed by atoms with Crippen LogP contribution in [0.3, 0.4) is 0 Å². The number of nitrogens with one attached hydrogen (secondary N) is 3. The summed E-state index contributed by atoms with van der Waals surface area (Å²) in [4.78, 5) is 45.8. The summed E-state index contributed by atoms with van der Waals surface area (Å²) in [5.74, 6) is 0.310. The number of piperidine rings is 1. The van der Waals surface area contributed by atoms with E-state index in [0.717, 1.165) is 40.5 Å². The van der Waals surface area contributed by atoms with E-state index in [9.17, 15) is 29.7 Å². The van der Waals surface area contributed by atoms with Crippen molar-refractivity contribution in [2.45, 2.75) is 31.3 Å². The lowest BCUT2D eigenvalue weighted by molar-refractivity contribution is -0.163. The standard InChI is InChI=1S/C51H48N4O7S/c56-44-21-19-39(40-20-23-47(58)54-48(40)44)45(57)27-52-25-32-14-16-34(17-15-32)49(59)53-26-38-18-22-46(63-38)35-10-7-13-37(24-35)51(61,36-11-5-2-6-12-36)50(60)62-31-43-41-29-55(30-42(41)43)28-33-8-3-1-4-9-33/h1-24,41-43,45,52,56-57,61H,25-31H2,(H,53,59)(H,54,58)/t41-,42?,43+,45+,51?/m1/s1. The number of aliphatic hydroxyl groups is 2. The van der Waals surface area contributed by atoms with Crippen molar-refractivity contribution in [3.05, 3.63) is 194 Å². The highest BCUT2D eigenvalue weighted by Crippen LogP contribution is 2.52. The molecule has 5 aromatic carbocycles. The molecule has 6 N–H and O–H groups in total. The Morgan fingerprint density at radius 3 is 2.30 bits per heavy atom. The number of thiophene rings is 1. The highest BCUT2D eigenvalue weighted by atomic mass is 32.1. The number of rotatable bonds is 16. The molecule has 2 aromatic heterocycles. The fraction of sp³-hybridized carbons (Fsp3) is 0.235. The van der Waals surface area contributed by atoms with Gasteiger partial charge >= 0.3 is 5.97 Å². The molecule has 7 aromatic rings. The minimum Gasteiger partial charge on any atom is -0.506 e. The molecule has 1 saturated carbocycles. The Bertz CT molecular complexity index is 2780. The van der Waals surface area contributed by atoms with Crippen LogP contribution in [0, 0.1) is 17.8 Å². The Morgan fingerprint density at radius 1 is 0.810 bits per heavy atom. The number of aromatic hydroxyl groups is 1. The number of ether oxygens (including phenoxy) is 1. The monoisotopic (exact) mass is 860 g/mol. The number of phenolic OH excluding ortho intramolecular Hbond substituents is 1. The molecule has 1 aliphatic heterocycles. The number of aromatic amines is 1. The first-order chi connectivity index (χ1) is 30.6. The number of benzene rings is 5. The molecular weight excluding hydrogens is 813 g/mol. The number of hydrogen-bond acceptors (Lipinski definition) is 10. The lowest BCUT2D eigenvalue weighted by atomic mass is 9.85. The summed E-state index contributed by atoms with van der Waals surface area (Å²) in [7, 11) is 0. The number of esters is 1. The van der Waals surface area contributed by atoms with E-state index in [1.807, 2.05) is 54.6 Å². The number of amides is 1. The molecule has 3 heterocycles. The zero-order chi connectivity index (χ0) is 43.5. The number of carbonyl (C=O) groups excluding carboxylic acids is 2. The number of H-pyrrole nitrogens is 1. The molecule has 9 rings (SSSR count). The third-order valence-electron chi connectivity index (χ3n) is 12.4. The third-order valence-corrected chi connectivity index (χ3v) is 13.5. The van der Waals surface area contributed by atoms with Crippen molar-refractivity contribution in [3.63, 3.8) is 0 Å². The van der Waals surface area contributed by atoms with Crippen LogP contribution < -0.4 is 16.2 Å². The van der Waals surface area contributed by atoms with Crippen molar-refractivity contribution in [2.75, 3.05) is 26.2 Å². The summed E-state index contributed by atoms with van der Waals surface area (Å²) < 4.78 is 5.96. The van der Waals surface area contributed by atoms with E-state index in [4.69, 9.17) is 4.74 Å². The lowest BCUT2D eigenvalue weighted by Crippen LogP contribution is -2.39. The average molecular weight is 861 g/mol. The van der Waals surface area contributed by atoms with Crippen LogP contribution >= 0.6 is 11.3 Å². The van der Waals surface area contributed by atoms with E-state index >= 15 is 0 Å². The Morgan fingerprint density at radius 2 is 1.54 bits per heavy atom. The molecule has 2 unspecified atom stereocenters. The van der Waals surface area contributed by atoms with Crippen molar-refractivity contribution < 1.29 is 29.6 Å². The predicted molar refractivity (Wildman–Crippen MR) is 243 cm³/mol. The quantitative estimate of drug-likeness (QED) is 0.0570. The summed E-state index contributed by atoms with van der Waals surface area (Å²) in [5.41, 5.74) is 2.94. The minimum atomic E-state index is -2.01. The lowest BCUT2D eigenvalue weighted by Gasteiger charge is -2.28. The largest absolute Gasteiger partial charge is 0.506 e. The van der Waals surface area contributed by atoms with Crippen molar-refractivity contribution in [3.8, 4) is 16.2 Å². The van der Waals surface area contributed by atoms with Gasteiger partial charge in [0.15, 0.2) is 0 Å². The Balaban J connectivity index is 0.785. The van der Waals surface area contributed by atoms with Crippen molar-refractivity contribution >= 4 is 34.1 Å². The maximum Gasteiger partial charge on any atom is 0.347 e. The molecule has 1 amide bonds. The number of hydrogen-bond donors (Lipinski definition) is 6. The fourth-order valence-corrected chi connectivity index (χ4v) is 9.84. The molecule has 63 heavy (non-hydrogen) atoms. The molecule has 2 aliphatic rings. The average Bonchev–Trinajstić information content (AvgIpc) is 3.58. The van der Waals surface area contributed by atoms with Gasteiger partial charge in [0.2, 0.25) is 11.2 Å². The van der Waals surface area contributed by atoms with Crippen LogP contribution in [-0.4, -0.2) is 63.3 Å². The number of pyridine rings is 1. The smallest absolute Gasteiger partial charge is 0.347 e. The van der Waals surface area contributed by atoms with E-state index < -0.39 is 17.7 Å². The molecule has 2 fully saturated rings. The summed E-state index contributed by atoms with van der Waals surface area (Å²) in [6, 6.07) is 44.0.